The van der Waals surface area contributed by atoms with Gasteiger partial charge < -0.3 is 10.1 Å². The summed E-state index contributed by atoms with van der Waals surface area (Å²) in [6.07, 6.45) is 8.59. The van der Waals surface area contributed by atoms with Crippen molar-refractivity contribution in [1.82, 2.24) is 15.1 Å². The van der Waals surface area contributed by atoms with Crippen molar-refractivity contribution in [3.8, 4) is 0 Å². The summed E-state index contributed by atoms with van der Waals surface area (Å²) in [6, 6.07) is 0.260. The molecule has 1 aromatic heterocycles. The Labute approximate surface area is 139 Å². The van der Waals surface area contributed by atoms with Gasteiger partial charge in [0.25, 0.3) is 0 Å². The third kappa shape index (κ3) is 3.97. The first kappa shape index (κ1) is 16.7. The second-order valence-corrected chi connectivity index (χ2v) is 6.86. The molecule has 21 heavy (non-hydrogen) atoms. The lowest BCUT2D eigenvalue weighted by atomic mass is 9.78. The van der Waals surface area contributed by atoms with E-state index in [1.807, 2.05) is 24.0 Å². The fourth-order valence-electron chi connectivity index (χ4n) is 3.04. The molecule has 1 aromatic rings. The Morgan fingerprint density at radius 1 is 1.62 bits per heavy atom. The molecule has 2 rings (SSSR count). The SMILES string of the molecule is CCCNC1(C(=O)OCC)CCCC(n2cc(I)cn2)C1. The second kappa shape index (κ2) is 7.58. The molecule has 1 N–H and O–H groups in total. The number of aromatic nitrogens is 2. The molecule has 0 radical (unpaired) electrons. The van der Waals surface area contributed by atoms with Crippen molar-refractivity contribution in [2.45, 2.75) is 57.5 Å². The van der Waals surface area contributed by atoms with Crippen LogP contribution in [0.1, 0.15) is 52.0 Å². The van der Waals surface area contributed by atoms with Gasteiger partial charge in [0, 0.05) is 6.20 Å². The Morgan fingerprint density at radius 2 is 2.43 bits per heavy atom. The first-order chi connectivity index (χ1) is 10.1. The largest absolute Gasteiger partial charge is 0.465 e. The van der Waals surface area contributed by atoms with Crippen molar-refractivity contribution in [3.63, 3.8) is 0 Å². The van der Waals surface area contributed by atoms with Gasteiger partial charge in [-0.1, -0.05) is 6.92 Å². The molecule has 0 bridgehead atoms. The van der Waals surface area contributed by atoms with Crippen LogP contribution < -0.4 is 5.32 Å². The van der Waals surface area contributed by atoms with Crippen molar-refractivity contribution in [3.05, 3.63) is 16.0 Å². The van der Waals surface area contributed by atoms with Crippen molar-refractivity contribution in [1.29, 1.82) is 0 Å². The average molecular weight is 405 g/mol. The van der Waals surface area contributed by atoms with E-state index >= 15 is 0 Å². The van der Waals surface area contributed by atoms with Crippen molar-refractivity contribution in [2.24, 2.45) is 0 Å². The van der Waals surface area contributed by atoms with Crippen LogP contribution in [0.25, 0.3) is 0 Å². The molecular formula is C15H24IN3O2. The number of nitrogens with one attached hydrogen (secondary N) is 1. The summed E-state index contributed by atoms with van der Waals surface area (Å²) < 4.78 is 8.47. The van der Waals surface area contributed by atoms with Gasteiger partial charge in [0.1, 0.15) is 5.54 Å². The first-order valence-corrected chi connectivity index (χ1v) is 8.81. The summed E-state index contributed by atoms with van der Waals surface area (Å²) in [6.45, 7) is 5.24. The van der Waals surface area contributed by atoms with Gasteiger partial charge >= 0.3 is 5.97 Å². The molecule has 0 amide bonds. The number of hydrogen-bond acceptors (Lipinski definition) is 4. The van der Waals surface area contributed by atoms with Gasteiger partial charge in [-0.15, -0.1) is 0 Å². The van der Waals surface area contributed by atoms with E-state index in [2.05, 4.69) is 39.9 Å². The van der Waals surface area contributed by atoms with E-state index in [4.69, 9.17) is 4.74 Å². The minimum atomic E-state index is -0.549. The zero-order valence-electron chi connectivity index (χ0n) is 12.8. The highest BCUT2D eigenvalue weighted by molar-refractivity contribution is 14.1. The van der Waals surface area contributed by atoms with E-state index in [9.17, 15) is 4.79 Å². The second-order valence-electron chi connectivity index (χ2n) is 5.62. The third-order valence-electron chi connectivity index (χ3n) is 4.05. The maximum atomic E-state index is 12.5. The summed E-state index contributed by atoms with van der Waals surface area (Å²) in [7, 11) is 0. The van der Waals surface area contributed by atoms with Crippen LogP contribution in [-0.2, 0) is 9.53 Å². The highest BCUT2D eigenvalue weighted by Crippen LogP contribution is 2.36. The molecular weight excluding hydrogens is 381 g/mol. The number of rotatable bonds is 6. The van der Waals surface area contributed by atoms with E-state index < -0.39 is 5.54 Å². The molecule has 1 aliphatic rings. The molecule has 0 aromatic carbocycles. The minimum Gasteiger partial charge on any atom is -0.465 e. The van der Waals surface area contributed by atoms with Crippen LogP contribution >= 0.6 is 22.6 Å². The van der Waals surface area contributed by atoms with Crippen molar-refractivity contribution < 1.29 is 9.53 Å². The lowest BCUT2D eigenvalue weighted by Gasteiger charge is -2.39. The molecule has 2 atom stereocenters. The Bertz CT molecular complexity index is 477. The van der Waals surface area contributed by atoms with Crippen molar-refractivity contribution in [2.75, 3.05) is 13.2 Å². The predicted molar refractivity (Wildman–Crippen MR) is 90.1 cm³/mol. The third-order valence-corrected chi connectivity index (χ3v) is 4.61. The summed E-state index contributed by atoms with van der Waals surface area (Å²) in [4.78, 5) is 12.5. The van der Waals surface area contributed by atoms with E-state index in [1.54, 1.807) is 0 Å². The van der Waals surface area contributed by atoms with Crippen LogP contribution in [0.15, 0.2) is 12.4 Å². The highest BCUT2D eigenvalue weighted by Gasteiger charge is 2.44. The molecule has 118 valence electrons. The maximum absolute atomic E-state index is 12.5. The van der Waals surface area contributed by atoms with Gasteiger partial charge in [0.05, 0.1) is 22.4 Å². The van der Waals surface area contributed by atoms with E-state index in [1.165, 1.54) is 0 Å². The highest BCUT2D eigenvalue weighted by atomic mass is 127. The molecule has 0 aliphatic heterocycles. The number of nitrogens with zero attached hydrogens (tertiary/aromatic N) is 2. The summed E-state index contributed by atoms with van der Waals surface area (Å²) >= 11 is 2.26. The van der Waals surface area contributed by atoms with Gasteiger partial charge in [-0.3, -0.25) is 9.48 Å². The van der Waals surface area contributed by atoms with Crippen LogP contribution in [0.2, 0.25) is 0 Å². The number of carbonyl (C=O) groups is 1. The van der Waals surface area contributed by atoms with Crippen LogP contribution in [0.5, 0.6) is 0 Å². The number of ether oxygens (including phenoxy) is 1. The van der Waals surface area contributed by atoms with Crippen LogP contribution in [0.3, 0.4) is 0 Å². The zero-order chi connectivity index (χ0) is 15.3. The standard InChI is InChI=1S/C15H24IN3O2/c1-3-8-17-15(14(20)21-4-2)7-5-6-13(9-15)19-11-12(16)10-18-19/h10-11,13,17H,3-9H2,1-2H3. The number of esters is 1. The minimum absolute atomic E-state index is 0.106. The molecule has 1 aliphatic carbocycles. The molecule has 1 heterocycles. The van der Waals surface area contributed by atoms with Crippen LogP contribution in [-0.4, -0.2) is 34.4 Å². The van der Waals surface area contributed by atoms with Gasteiger partial charge in [-0.25, -0.2) is 0 Å². The lowest BCUT2D eigenvalue weighted by Crippen LogP contribution is -2.56. The van der Waals surface area contributed by atoms with Gasteiger partial charge in [-0.2, -0.15) is 5.10 Å². The molecule has 5 nitrogen and oxygen atoms in total. The molecule has 0 saturated heterocycles. The molecule has 1 fully saturated rings. The Kier molecular flexibility index (Phi) is 6.04. The lowest BCUT2D eigenvalue weighted by molar-refractivity contribution is -0.153. The summed E-state index contributed by atoms with van der Waals surface area (Å²) in [5, 5.41) is 7.88. The fourth-order valence-corrected chi connectivity index (χ4v) is 3.45. The maximum Gasteiger partial charge on any atom is 0.326 e. The molecule has 2 unspecified atom stereocenters. The normalized spacial score (nSPS) is 25.8. The van der Waals surface area contributed by atoms with Gasteiger partial charge in [0.15, 0.2) is 0 Å². The fraction of sp³-hybridized carbons (Fsp3) is 0.733. The van der Waals surface area contributed by atoms with Crippen molar-refractivity contribution >= 4 is 28.6 Å². The zero-order valence-corrected chi connectivity index (χ0v) is 14.9. The Hall–Kier alpha value is -0.630. The Balaban J connectivity index is 2.17. The topological polar surface area (TPSA) is 56.1 Å². The van der Waals surface area contributed by atoms with Crippen LogP contribution in [0, 0.1) is 3.57 Å². The smallest absolute Gasteiger partial charge is 0.326 e. The summed E-state index contributed by atoms with van der Waals surface area (Å²) in [5.74, 6) is -0.106. The number of halogens is 1. The average Bonchev–Trinajstić information content (AvgIpc) is 2.92. The van der Waals surface area contributed by atoms with Crippen LogP contribution in [0.4, 0.5) is 0 Å². The van der Waals surface area contributed by atoms with E-state index in [0.717, 1.165) is 42.2 Å². The predicted octanol–water partition coefficient (Wildman–Crippen LogP) is 2.90. The molecule has 6 heteroatoms. The first-order valence-electron chi connectivity index (χ1n) is 7.73. The molecule has 1 saturated carbocycles. The summed E-state index contributed by atoms with van der Waals surface area (Å²) in [5.41, 5.74) is -0.549. The van der Waals surface area contributed by atoms with E-state index in [0.29, 0.717) is 6.61 Å². The number of carbonyl (C=O) groups excluding carboxylic acids is 1. The Morgan fingerprint density at radius 3 is 3.05 bits per heavy atom. The number of hydrogen-bond donors (Lipinski definition) is 1. The van der Waals surface area contributed by atoms with Gasteiger partial charge in [-0.05, 0) is 68.2 Å². The quantitative estimate of drug-likeness (QED) is 0.584. The van der Waals surface area contributed by atoms with Gasteiger partial charge in [0.2, 0.25) is 0 Å². The van der Waals surface area contributed by atoms with E-state index in [-0.39, 0.29) is 12.0 Å². The molecule has 0 spiro atoms. The monoisotopic (exact) mass is 405 g/mol.